The number of ether oxygens (including phenoxy) is 1. The van der Waals surface area contributed by atoms with Crippen LogP contribution in [0.3, 0.4) is 0 Å². The van der Waals surface area contributed by atoms with Crippen LogP contribution < -0.4 is 16.0 Å². The molecule has 0 saturated heterocycles. The second-order valence-electron chi connectivity index (χ2n) is 6.47. The number of carbonyl (C=O) groups excluding carboxylic acids is 1. The van der Waals surface area contributed by atoms with Crippen LogP contribution in [0.2, 0.25) is 0 Å². The van der Waals surface area contributed by atoms with Gasteiger partial charge in [-0.05, 0) is 26.7 Å². The van der Waals surface area contributed by atoms with Crippen LogP contribution in [0, 0.1) is 0 Å². The summed E-state index contributed by atoms with van der Waals surface area (Å²) in [6.45, 7) is 5.23. The lowest BCUT2D eigenvalue weighted by atomic mass is 9.95. The predicted octanol–water partition coefficient (Wildman–Crippen LogP) is 1.42. The van der Waals surface area contributed by atoms with Crippen LogP contribution in [-0.2, 0) is 9.53 Å². The number of amides is 1. The van der Waals surface area contributed by atoms with Gasteiger partial charge in [-0.25, -0.2) is 0 Å². The highest BCUT2D eigenvalue weighted by Gasteiger charge is 2.17. The largest absolute Gasteiger partial charge is 0.377 e. The SMILES string of the molecule is CN=C(NCCC(=O)NC1CCCCC1)NCC(C)(C)OC. The molecule has 1 saturated carbocycles. The molecule has 1 aliphatic rings. The number of hydrogen-bond donors (Lipinski definition) is 3. The van der Waals surface area contributed by atoms with Crippen molar-refractivity contribution in [2.45, 2.75) is 64.0 Å². The van der Waals surface area contributed by atoms with Crippen molar-refractivity contribution in [3.63, 3.8) is 0 Å². The minimum Gasteiger partial charge on any atom is -0.377 e. The number of rotatable bonds is 7. The predicted molar refractivity (Wildman–Crippen MR) is 90.1 cm³/mol. The zero-order chi connectivity index (χ0) is 16.4. The monoisotopic (exact) mass is 312 g/mol. The molecule has 0 unspecified atom stereocenters. The van der Waals surface area contributed by atoms with E-state index in [2.05, 4.69) is 20.9 Å². The summed E-state index contributed by atoms with van der Waals surface area (Å²) in [5.41, 5.74) is -0.254. The first-order valence-electron chi connectivity index (χ1n) is 8.26. The number of aliphatic imine (C=N–C) groups is 1. The minimum atomic E-state index is -0.254. The number of methoxy groups -OCH3 is 1. The summed E-state index contributed by atoms with van der Waals surface area (Å²) in [4.78, 5) is 16.1. The highest BCUT2D eigenvalue weighted by Crippen LogP contribution is 2.17. The summed E-state index contributed by atoms with van der Waals surface area (Å²) in [5.74, 6) is 0.808. The molecule has 0 aliphatic heterocycles. The Labute approximate surface area is 134 Å². The van der Waals surface area contributed by atoms with Crippen molar-refractivity contribution >= 4 is 11.9 Å². The van der Waals surface area contributed by atoms with Crippen LogP contribution >= 0.6 is 0 Å². The minimum absolute atomic E-state index is 0.118. The van der Waals surface area contributed by atoms with E-state index in [-0.39, 0.29) is 11.5 Å². The first-order valence-corrected chi connectivity index (χ1v) is 8.26. The first kappa shape index (κ1) is 18.7. The molecule has 1 fully saturated rings. The van der Waals surface area contributed by atoms with Crippen LogP contribution in [0.1, 0.15) is 52.4 Å². The van der Waals surface area contributed by atoms with Gasteiger partial charge in [0.05, 0.1) is 5.60 Å². The molecule has 0 heterocycles. The van der Waals surface area contributed by atoms with Crippen LogP contribution in [0.25, 0.3) is 0 Å². The van der Waals surface area contributed by atoms with E-state index in [0.29, 0.717) is 31.5 Å². The summed E-state index contributed by atoms with van der Waals surface area (Å²) in [7, 11) is 3.41. The van der Waals surface area contributed by atoms with E-state index < -0.39 is 0 Å². The maximum atomic E-state index is 11.9. The molecule has 1 rings (SSSR count). The molecule has 128 valence electrons. The van der Waals surface area contributed by atoms with Gasteiger partial charge >= 0.3 is 0 Å². The topological polar surface area (TPSA) is 74.8 Å². The molecule has 0 spiro atoms. The molecule has 0 atom stereocenters. The fraction of sp³-hybridized carbons (Fsp3) is 0.875. The average Bonchev–Trinajstić information content (AvgIpc) is 2.51. The molecule has 1 amide bonds. The van der Waals surface area contributed by atoms with E-state index in [1.54, 1.807) is 14.2 Å². The zero-order valence-corrected chi connectivity index (χ0v) is 14.5. The van der Waals surface area contributed by atoms with E-state index in [1.165, 1.54) is 19.3 Å². The average molecular weight is 312 g/mol. The highest BCUT2D eigenvalue weighted by atomic mass is 16.5. The Morgan fingerprint density at radius 1 is 1.23 bits per heavy atom. The van der Waals surface area contributed by atoms with Crippen molar-refractivity contribution in [2.75, 3.05) is 27.2 Å². The second kappa shape index (κ2) is 9.66. The molecule has 0 radical (unpaired) electrons. The van der Waals surface area contributed by atoms with Crippen molar-refractivity contribution in [2.24, 2.45) is 4.99 Å². The lowest BCUT2D eigenvalue weighted by Crippen LogP contribution is -2.46. The smallest absolute Gasteiger partial charge is 0.221 e. The number of guanidine groups is 1. The van der Waals surface area contributed by atoms with Crippen LogP contribution in [0.4, 0.5) is 0 Å². The van der Waals surface area contributed by atoms with Crippen molar-refractivity contribution in [1.29, 1.82) is 0 Å². The summed E-state index contributed by atoms with van der Waals surface area (Å²) < 4.78 is 5.35. The highest BCUT2D eigenvalue weighted by molar-refractivity contribution is 5.81. The maximum absolute atomic E-state index is 11.9. The lowest BCUT2D eigenvalue weighted by Gasteiger charge is -2.24. The van der Waals surface area contributed by atoms with Crippen molar-refractivity contribution in [3.8, 4) is 0 Å². The molecule has 0 aromatic heterocycles. The summed E-state index contributed by atoms with van der Waals surface area (Å²) in [6, 6.07) is 0.376. The van der Waals surface area contributed by atoms with Crippen LogP contribution in [0.15, 0.2) is 4.99 Å². The van der Waals surface area contributed by atoms with E-state index in [1.807, 2.05) is 13.8 Å². The van der Waals surface area contributed by atoms with Gasteiger partial charge in [-0.3, -0.25) is 9.79 Å². The Balaban J connectivity index is 2.19. The van der Waals surface area contributed by atoms with Gasteiger partial charge in [0, 0.05) is 39.7 Å². The van der Waals surface area contributed by atoms with E-state index in [4.69, 9.17) is 4.74 Å². The third-order valence-corrected chi connectivity index (χ3v) is 4.07. The van der Waals surface area contributed by atoms with Crippen LogP contribution in [0.5, 0.6) is 0 Å². The third kappa shape index (κ3) is 7.64. The summed E-state index contributed by atoms with van der Waals surface area (Å²) in [5, 5.41) is 9.47. The molecule has 0 aromatic carbocycles. The van der Waals surface area contributed by atoms with Gasteiger partial charge in [0.25, 0.3) is 0 Å². The lowest BCUT2D eigenvalue weighted by molar-refractivity contribution is -0.121. The van der Waals surface area contributed by atoms with Gasteiger partial charge in [-0.15, -0.1) is 0 Å². The van der Waals surface area contributed by atoms with Crippen molar-refractivity contribution in [1.82, 2.24) is 16.0 Å². The molecule has 3 N–H and O–H groups in total. The molecule has 22 heavy (non-hydrogen) atoms. The molecular formula is C16H32N4O2. The Kier molecular flexibility index (Phi) is 8.24. The summed E-state index contributed by atoms with van der Waals surface area (Å²) >= 11 is 0. The van der Waals surface area contributed by atoms with Gasteiger partial charge in [-0.2, -0.15) is 0 Å². The number of nitrogens with one attached hydrogen (secondary N) is 3. The van der Waals surface area contributed by atoms with E-state index >= 15 is 0 Å². The fourth-order valence-electron chi connectivity index (χ4n) is 2.43. The fourth-order valence-corrected chi connectivity index (χ4v) is 2.43. The molecule has 6 heteroatoms. The molecule has 0 aromatic rings. The normalized spacial score (nSPS) is 17.2. The quantitative estimate of drug-likeness (QED) is 0.491. The van der Waals surface area contributed by atoms with Gasteiger partial charge in [-0.1, -0.05) is 19.3 Å². The van der Waals surface area contributed by atoms with Gasteiger partial charge in [0.1, 0.15) is 0 Å². The molecule has 1 aliphatic carbocycles. The Bertz CT molecular complexity index is 363. The standard InChI is InChI=1S/C16H32N4O2/c1-16(2,22-4)12-19-15(17-3)18-11-10-14(21)20-13-8-6-5-7-9-13/h13H,5-12H2,1-4H3,(H,20,21)(H2,17,18,19). The molecular weight excluding hydrogens is 280 g/mol. The van der Waals surface area contributed by atoms with Crippen molar-refractivity contribution < 1.29 is 9.53 Å². The molecule has 6 nitrogen and oxygen atoms in total. The van der Waals surface area contributed by atoms with E-state index in [9.17, 15) is 4.79 Å². The zero-order valence-electron chi connectivity index (χ0n) is 14.5. The third-order valence-electron chi connectivity index (χ3n) is 4.07. The number of carbonyl (C=O) groups is 1. The second-order valence-corrected chi connectivity index (χ2v) is 6.47. The summed E-state index contributed by atoms with van der Waals surface area (Å²) in [6.07, 6.45) is 6.46. The van der Waals surface area contributed by atoms with Gasteiger partial charge in [0.2, 0.25) is 5.91 Å². The van der Waals surface area contributed by atoms with Crippen molar-refractivity contribution in [3.05, 3.63) is 0 Å². The maximum Gasteiger partial charge on any atom is 0.221 e. The molecule has 0 bridgehead atoms. The number of hydrogen-bond acceptors (Lipinski definition) is 3. The van der Waals surface area contributed by atoms with Crippen LogP contribution in [-0.4, -0.2) is 50.8 Å². The van der Waals surface area contributed by atoms with E-state index in [0.717, 1.165) is 12.8 Å². The van der Waals surface area contributed by atoms with Gasteiger partial charge in [0.15, 0.2) is 5.96 Å². The first-order chi connectivity index (χ1) is 10.5. The Morgan fingerprint density at radius 3 is 2.50 bits per heavy atom. The van der Waals surface area contributed by atoms with Gasteiger partial charge < -0.3 is 20.7 Å². The Hall–Kier alpha value is -1.30. The number of nitrogens with zero attached hydrogens (tertiary/aromatic N) is 1. The Morgan fingerprint density at radius 2 is 1.91 bits per heavy atom.